The number of fused-ring (bicyclic) bond motifs is 1. The first kappa shape index (κ1) is 26.1. The van der Waals surface area contributed by atoms with Gasteiger partial charge in [0.05, 0.1) is 6.04 Å². The number of nitrogens with zero attached hydrogens (tertiary/aromatic N) is 2. The van der Waals surface area contributed by atoms with Crippen molar-refractivity contribution in [3.8, 4) is 5.75 Å². The molecule has 2 heterocycles. The van der Waals surface area contributed by atoms with Crippen molar-refractivity contribution in [2.45, 2.75) is 39.0 Å². The molecule has 1 unspecified atom stereocenters. The third kappa shape index (κ3) is 5.98. The van der Waals surface area contributed by atoms with E-state index in [0.29, 0.717) is 30.7 Å². The van der Waals surface area contributed by atoms with E-state index in [0.717, 1.165) is 16.7 Å². The van der Waals surface area contributed by atoms with Gasteiger partial charge in [0.15, 0.2) is 12.3 Å². The predicted molar refractivity (Wildman–Crippen MR) is 139 cm³/mol. The Morgan fingerprint density at radius 3 is 2.67 bits per heavy atom. The Bertz CT molecular complexity index is 1490. The summed E-state index contributed by atoms with van der Waals surface area (Å²) in [7, 11) is 0. The number of rotatable bonds is 8. The Balaban J connectivity index is 1.29. The molecule has 39 heavy (non-hydrogen) atoms. The number of carbonyl (C=O) groups excluding carboxylic acids is 2. The molecule has 200 valence electrons. The van der Waals surface area contributed by atoms with Crippen LogP contribution in [-0.4, -0.2) is 28.2 Å². The summed E-state index contributed by atoms with van der Waals surface area (Å²) >= 11 is 0. The van der Waals surface area contributed by atoms with Crippen LogP contribution in [-0.2, 0) is 24.4 Å². The summed E-state index contributed by atoms with van der Waals surface area (Å²) in [5, 5.41) is 2.71. The first-order chi connectivity index (χ1) is 18.9. The molecule has 7 nitrogen and oxygen atoms in total. The van der Waals surface area contributed by atoms with Crippen LogP contribution in [0.3, 0.4) is 0 Å². The minimum Gasteiger partial charge on any atom is -0.484 e. The molecule has 3 aromatic carbocycles. The second kappa shape index (κ2) is 11.5. The van der Waals surface area contributed by atoms with Gasteiger partial charge in [0, 0.05) is 19.5 Å². The van der Waals surface area contributed by atoms with Crippen molar-refractivity contribution in [3.05, 3.63) is 118 Å². The van der Waals surface area contributed by atoms with Crippen LogP contribution in [0.5, 0.6) is 5.75 Å². The maximum Gasteiger partial charge on any atom is 0.273 e. The zero-order chi connectivity index (χ0) is 27.4. The third-order valence-corrected chi connectivity index (χ3v) is 6.65. The SMILES string of the molecule is CCC(=O)N1CCc2ccc(OCc3nc(C(=O)NCc4ccc(F)cc4)co3)cc2C1c1cccc(F)c1. The molecule has 1 atom stereocenters. The van der Waals surface area contributed by atoms with E-state index in [4.69, 9.17) is 9.15 Å². The number of benzene rings is 3. The Morgan fingerprint density at radius 2 is 1.90 bits per heavy atom. The summed E-state index contributed by atoms with van der Waals surface area (Å²) < 4.78 is 38.5. The lowest BCUT2D eigenvalue weighted by Crippen LogP contribution is -2.40. The number of halogens is 2. The van der Waals surface area contributed by atoms with Crippen LogP contribution in [0.4, 0.5) is 8.78 Å². The Labute approximate surface area is 224 Å². The fraction of sp³-hybridized carbons (Fsp3) is 0.233. The maximum absolute atomic E-state index is 14.1. The number of aromatic nitrogens is 1. The molecule has 0 saturated carbocycles. The van der Waals surface area contributed by atoms with Crippen LogP contribution in [0.25, 0.3) is 0 Å². The van der Waals surface area contributed by atoms with Crippen molar-refractivity contribution in [2.24, 2.45) is 0 Å². The molecule has 1 aromatic heterocycles. The van der Waals surface area contributed by atoms with Gasteiger partial charge in [-0.25, -0.2) is 13.8 Å². The molecule has 1 aliphatic rings. The average Bonchev–Trinajstić information content (AvgIpc) is 3.43. The van der Waals surface area contributed by atoms with Crippen molar-refractivity contribution < 1.29 is 27.5 Å². The largest absolute Gasteiger partial charge is 0.484 e. The highest BCUT2D eigenvalue weighted by Crippen LogP contribution is 2.37. The molecular formula is C30H27F2N3O4. The van der Waals surface area contributed by atoms with Gasteiger partial charge in [0.1, 0.15) is 23.6 Å². The van der Waals surface area contributed by atoms with E-state index in [1.54, 1.807) is 23.1 Å². The van der Waals surface area contributed by atoms with E-state index in [1.807, 2.05) is 31.2 Å². The fourth-order valence-corrected chi connectivity index (χ4v) is 4.69. The van der Waals surface area contributed by atoms with E-state index in [1.165, 1.54) is 30.5 Å². The highest BCUT2D eigenvalue weighted by Gasteiger charge is 2.32. The monoisotopic (exact) mass is 531 g/mol. The fourth-order valence-electron chi connectivity index (χ4n) is 4.69. The van der Waals surface area contributed by atoms with Gasteiger partial charge < -0.3 is 19.4 Å². The molecule has 4 aromatic rings. The number of hydrogen-bond donors (Lipinski definition) is 1. The topological polar surface area (TPSA) is 84.7 Å². The lowest BCUT2D eigenvalue weighted by atomic mass is 9.87. The molecule has 1 aliphatic heterocycles. The molecule has 0 spiro atoms. The van der Waals surface area contributed by atoms with E-state index in [-0.39, 0.29) is 42.3 Å². The number of amides is 2. The van der Waals surface area contributed by atoms with Crippen molar-refractivity contribution in [1.82, 2.24) is 15.2 Å². The lowest BCUT2D eigenvalue weighted by Gasteiger charge is -2.38. The van der Waals surface area contributed by atoms with Crippen LogP contribution in [0, 0.1) is 11.6 Å². The summed E-state index contributed by atoms with van der Waals surface area (Å²) in [6.45, 7) is 2.56. The first-order valence-electron chi connectivity index (χ1n) is 12.7. The van der Waals surface area contributed by atoms with Crippen molar-refractivity contribution >= 4 is 11.8 Å². The molecule has 0 fully saturated rings. The van der Waals surface area contributed by atoms with Crippen molar-refractivity contribution in [3.63, 3.8) is 0 Å². The number of nitrogens with one attached hydrogen (secondary N) is 1. The number of carbonyl (C=O) groups is 2. The Kier molecular flexibility index (Phi) is 7.67. The molecule has 9 heteroatoms. The van der Waals surface area contributed by atoms with Gasteiger partial charge in [-0.15, -0.1) is 0 Å². The van der Waals surface area contributed by atoms with Gasteiger partial charge in [-0.3, -0.25) is 9.59 Å². The van der Waals surface area contributed by atoms with Gasteiger partial charge >= 0.3 is 0 Å². The molecule has 1 N–H and O–H groups in total. The van der Waals surface area contributed by atoms with Crippen molar-refractivity contribution in [1.29, 1.82) is 0 Å². The van der Waals surface area contributed by atoms with E-state index in [2.05, 4.69) is 10.3 Å². The molecule has 0 saturated heterocycles. The second-order valence-corrected chi connectivity index (χ2v) is 9.23. The zero-order valence-electron chi connectivity index (χ0n) is 21.3. The predicted octanol–water partition coefficient (Wildman–Crippen LogP) is 5.35. The van der Waals surface area contributed by atoms with E-state index < -0.39 is 11.9 Å². The van der Waals surface area contributed by atoms with Gasteiger partial charge in [0.2, 0.25) is 11.8 Å². The smallest absolute Gasteiger partial charge is 0.273 e. The van der Waals surface area contributed by atoms with Gasteiger partial charge in [0.25, 0.3) is 5.91 Å². The highest BCUT2D eigenvalue weighted by atomic mass is 19.1. The molecular weight excluding hydrogens is 504 g/mol. The summed E-state index contributed by atoms with van der Waals surface area (Å²) in [5.74, 6) is -0.405. The molecule has 5 rings (SSSR count). The summed E-state index contributed by atoms with van der Waals surface area (Å²) in [4.78, 5) is 31.2. The van der Waals surface area contributed by atoms with Gasteiger partial charge in [-0.1, -0.05) is 37.3 Å². The van der Waals surface area contributed by atoms with Crippen molar-refractivity contribution in [2.75, 3.05) is 6.54 Å². The lowest BCUT2D eigenvalue weighted by molar-refractivity contribution is -0.132. The standard InChI is InChI=1S/C30H27F2N3O4/c1-2-28(36)35-13-12-20-8-11-24(15-25(20)29(35)21-4-3-5-23(32)14-21)38-18-27-34-26(17-39-27)30(37)33-16-19-6-9-22(31)10-7-19/h3-11,14-15,17,29H,2,12-13,16,18H2,1H3,(H,33,37). The number of hydrogen-bond acceptors (Lipinski definition) is 5. The van der Waals surface area contributed by atoms with E-state index >= 15 is 0 Å². The van der Waals surface area contributed by atoms with Crippen LogP contribution < -0.4 is 10.1 Å². The maximum atomic E-state index is 14.1. The molecule has 0 aliphatic carbocycles. The second-order valence-electron chi connectivity index (χ2n) is 9.23. The summed E-state index contributed by atoms with van der Waals surface area (Å²) in [6, 6.07) is 17.3. The van der Waals surface area contributed by atoms with Crippen LogP contribution in [0.1, 0.15) is 58.0 Å². The van der Waals surface area contributed by atoms with Crippen LogP contribution in [0.2, 0.25) is 0 Å². The highest BCUT2D eigenvalue weighted by molar-refractivity contribution is 5.91. The first-order valence-corrected chi connectivity index (χ1v) is 12.7. The quantitative estimate of drug-likeness (QED) is 0.332. The normalized spacial score (nSPS) is 14.5. The molecule has 0 radical (unpaired) electrons. The minimum absolute atomic E-state index is 0.00810. The Morgan fingerprint density at radius 1 is 1.08 bits per heavy atom. The third-order valence-electron chi connectivity index (χ3n) is 6.65. The van der Waals surface area contributed by atoms with Gasteiger partial charge in [-0.05, 0) is 65.1 Å². The molecule has 0 bridgehead atoms. The number of ether oxygens (including phenoxy) is 1. The Hall–Kier alpha value is -4.53. The van der Waals surface area contributed by atoms with Crippen LogP contribution >= 0.6 is 0 Å². The molecule has 2 amide bonds. The minimum atomic E-state index is -0.432. The average molecular weight is 532 g/mol. The van der Waals surface area contributed by atoms with Crippen LogP contribution in [0.15, 0.2) is 77.4 Å². The zero-order valence-corrected chi connectivity index (χ0v) is 21.3. The summed E-state index contributed by atoms with van der Waals surface area (Å²) in [6.07, 6.45) is 2.28. The van der Waals surface area contributed by atoms with Gasteiger partial charge in [-0.2, -0.15) is 0 Å². The summed E-state index contributed by atoms with van der Waals surface area (Å²) in [5.41, 5.74) is 3.48. The number of oxazole rings is 1. The van der Waals surface area contributed by atoms with E-state index in [9.17, 15) is 18.4 Å².